The summed E-state index contributed by atoms with van der Waals surface area (Å²) in [5.41, 5.74) is 8.30. The molecular weight excluding hydrogens is 448 g/mol. The van der Waals surface area contributed by atoms with E-state index in [1.807, 2.05) is 54.6 Å². The molecule has 0 spiro atoms. The normalized spacial score (nSPS) is 16.9. The van der Waals surface area contributed by atoms with Crippen molar-refractivity contribution in [1.29, 1.82) is 0 Å². The zero-order valence-corrected chi connectivity index (χ0v) is 19.0. The summed E-state index contributed by atoms with van der Waals surface area (Å²) >= 11 is 0. The number of benzene rings is 2. The summed E-state index contributed by atoms with van der Waals surface area (Å²) in [7, 11) is 0. The van der Waals surface area contributed by atoms with Crippen LogP contribution in [0, 0.1) is 0 Å². The Labute approximate surface area is 201 Å². The Balaban J connectivity index is 1.47. The van der Waals surface area contributed by atoms with Gasteiger partial charge in [-0.05, 0) is 49.2 Å². The van der Waals surface area contributed by atoms with Crippen LogP contribution >= 0.6 is 0 Å². The lowest BCUT2D eigenvalue weighted by molar-refractivity contribution is -0.143. The van der Waals surface area contributed by atoms with E-state index in [1.165, 1.54) is 6.33 Å². The largest absolute Gasteiger partial charge is 0.457 e. The number of nitrogens with zero attached hydrogens (tertiary/aromatic N) is 5. The number of amides is 1. The molecule has 0 saturated carbocycles. The van der Waals surface area contributed by atoms with Crippen LogP contribution in [0.25, 0.3) is 22.3 Å². The lowest BCUT2D eigenvalue weighted by Crippen LogP contribution is -2.46. The highest BCUT2D eigenvalue weighted by Gasteiger charge is 2.31. The van der Waals surface area contributed by atoms with Gasteiger partial charge in [0, 0.05) is 18.7 Å². The predicted octanol–water partition coefficient (Wildman–Crippen LogP) is 2.38. The van der Waals surface area contributed by atoms with Gasteiger partial charge in [0.15, 0.2) is 11.8 Å². The smallest absolute Gasteiger partial charge is 0.253 e. The Morgan fingerprint density at radius 3 is 2.60 bits per heavy atom. The molecule has 180 valence electrons. The number of anilines is 1. The SMILES string of the molecule is Nc1ncnc2c1c(-c1ccc(Oc3ccccc3)cc1)nn2[C@H]1CCCN(C(=O)C(O)CO)C1. The number of carbonyl (C=O) groups is 1. The van der Waals surface area contributed by atoms with E-state index >= 15 is 0 Å². The minimum Gasteiger partial charge on any atom is -0.457 e. The highest BCUT2D eigenvalue weighted by atomic mass is 16.5. The number of nitrogens with two attached hydrogens (primary N) is 1. The molecule has 1 saturated heterocycles. The number of carbonyl (C=O) groups excluding carboxylic acids is 1. The highest BCUT2D eigenvalue weighted by Crippen LogP contribution is 2.34. The Morgan fingerprint density at radius 1 is 1.11 bits per heavy atom. The molecule has 10 nitrogen and oxygen atoms in total. The Bertz CT molecular complexity index is 1330. The maximum atomic E-state index is 12.4. The first-order valence-electron chi connectivity index (χ1n) is 11.4. The summed E-state index contributed by atoms with van der Waals surface area (Å²) < 4.78 is 7.69. The van der Waals surface area contributed by atoms with E-state index in [-0.39, 0.29) is 6.04 Å². The minimum absolute atomic E-state index is 0.162. The molecule has 1 aliphatic heterocycles. The van der Waals surface area contributed by atoms with Crippen molar-refractivity contribution in [3.8, 4) is 22.8 Å². The summed E-state index contributed by atoms with van der Waals surface area (Å²) in [6, 6.07) is 16.9. The average molecular weight is 475 g/mol. The van der Waals surface area contributed by atoms with Gasteiger partial charge in [-0.2, -0.15) is 5.10 Å². The van der Waals surface area contributed by atoms with Gasteiger partial charge in [-0.25, -0.2) is 14.6 Å². The van der Waals surface area contributed by atoms with Gasteiger partial charge in [-0.15, -0.1) is 0 Å². The fourth-order valence-corrected chi connectivity index (χ4v) is 4.40. The number of piperidine rings is 1. The molecule has 2 aromatic heterocycles. The zero-order chi connectivity index (χ0) is 24.4. The third-order valence-electron chi connectivity index (χ3n) is 6.14. The van der Waals surface area contributed by atoms with Crippen LogP contribution < -0.4 is 10.5 Å². The zero-order valence-electron chi connectivity index (χ0n) is 19.0. The molecule has 0 radical (unpaired) electrons. The summed E-state index contributed by atoms with van der Waals surface area (Å²) in [6.07, 6.45) is 1.49. The molecule has 5 rings (SSSR count). The maximum absolute atomic E-state index is 12.4. The molecular formula is C25H26N6O4. The molecule has 1 aliphatic rings. The van der Waals surface area contributed by atoms with E-state index in [0.717, 1.165) is 24.2 Å². The molecule has 0 aliphatic carbocycles. The second kappa shape index (κ2) is 9.69. The van der Waals surface area contributed by atoms with Gasteiger partial charge >= 0.3 is 0 Å². The quantitative estimate of drug-likeness (QED) is 0.387. The van der Waals surface area contributed by atoms with E-state index in [9.17, 15) is 9.90 Å². The van der Waals surface area contributed by atoms with Crippen molar-refractivity contribution in [3.63, 3.8) is 0 Å². The van der Waals surface area contributed by atoms with Gasteiger partial charge in [0.2, 0.25) is 0 Å². The van der Waals surface area contributed by atoms with Crippen LogP contribution in [-0.4, -0.2) is 66.6 Å². The molecule has 2 aromatic carbocycles. The van der Waals surface area contributed by atoms with E-state index in [0.29, 0.717) is 41.4 Å². The number of fused-ring (bicyclic) bond motifs is 1. The maximum Gasteiger partial charge on any atom is 0.253 e. The molecule has 4 aromatic rings. The van der Waals surface area contributed by atoms with E-state index < -0.39 is 18.6 Å². The number of aromatic nitrogens is 4. The lowest BCUT2D eigenvalue weighted by atomic mass is 10.1. The molecule has 3 heterocycles. The number of nitrogen functional groups attached to an aromatic ring is 1. The van der Waals surface area contributed by atoms with E-state index in [1.54, 1.807) is 9.58 Å². The van der Waals surface area contributed by atoms with Crippen molar-refractivity contribution in [2.75, 3.05) is 25.4 Å². The second-order valence-corrected chi connectivity index (χ2v) is 8.47. The average Bonchev–Trinajstić information content (AvgIpc) is 3.30. The van der Waals surface area contributed by atoms with E-state index in [2.05, 4.69) is 9.97 Å². The van der Waals surface area contributed by atoms with Crippen molar-refractivity contribution in [1.82, 2.24) is 24.6 Å². The number of rotatable bonds is 6. The van der Waals surface area contributed by atoms with Gasteiger partial charge in [-0.3, -0.25) is 4.79 Å². The van der Waals surface area contributed by atoms with Crippen molar-refractivity contribution in [2.45, 2.75) is 25.0 Å². The molecule has 1 fully saturated rings. The number of para-hydroxylation sites is 1. The van der Waals surface area contributed by atoms with Gasteiger partial charge in [-0.1, -0.05) is 18.2 Å². The highest BCUT2D eigenvalue weighted by molar-refractivity contribution is 5.98. The third-order valence-corrected chi connectivity index (χ3v) is 6.14. The summed E-state index contributed by atoms with van der Waals surface area (Å²) in [5, 5.41) is 24.5. The molecule has 2 atom stereocenters. The van der Waals surface area contributed by atoms with Crippen molar-refractivity contribution in [2.24, 2.45) is 0 Å². The minimum atomic E-state index is -1.42. The first-order valence-corrected chi connectivity index (χ1v) is 11.4. The molecule has 35 heavy (non-hydrogen) atoms. The fraction of sp³-hybridized carbons (Fsp3) is 0.280. The molecule has 10 heteroatoms. The predicted molar refractivity (Wildman–Crippen MR) is 130 cm³/mol. The molecule has 4 N–H and O–H groups in total. The van der Waals surface area contributed by atoms with E-state index in [4.69, 9.17) is 20.7 Å². The Hall–Kier alpha value is -4.02. The van der Waals surface area contributed by atoms with Crippen LogP contribution in [0.3, 0.4) is 0 Å². The standard InChI is InChI=1S/C25H26N6O4/c26-23-21-22(16-8-10-19(11-9-16)35-18-6-2-1-3-7-18)29-31(24(21)28-15-27-23)17-5-4-12-30(13-17)25(34)20(33)14-32/h1-3,6-11,15,17,20,32-33H,4-5,12-14H2,(H2,26,27,28)/t17-,20?/m0/s1. The third kappa shape index (κ3) is 4.53. The number of hydrogen-bond donors (Lipinski definition) is 3. The van der Waals surface area contributed by atoms with Gasteiger partial charge < -0.3 is 25.6 Å². The van der Waals surface area contributed by atoms with Crippen molar-refractivity contribution < 1.29 is 19.7 Å². The fourth-order valence-electron chi connectivity index (χ4n) is 4.40. The van der Waals surface area contributed by atoms with Crippen LogP contribution in [0.4, 0.5) is 5.82 Å². The van der Waals surface area contributed by atoms with Gasteiger partial charge in [0.05, 0.1) is 18.0 Å². The van der Waals surface area contributed by atoms with Crippen molar-refractivity contribution >= 4 is 22.8 Å². The second-order valence-electron chi connectivity index (χ2n) is 8.47. The van der Waals surface area contributed by atoms with Crippen LogP contribution in [0.15, 0.2) is 60.9 Å². The first kappa shape index (κ1) is 22.8. The Morgan fingerprint density at radius 2 is 1.86 bits per heavy atom. The number of likely N-dealkylation sites (tertiary alicyclic amines) is 1. The van der Waals surface area contributed by atoms with Crippen LogP contribution in [-0.2, 0) is 4.79 Å². The summed E-state index contributed by atoms with van der Waals surface area (Å²) in [5.74, 6) is 1.27. The van der Waals surface area contributed by atoms with Gasteiger partial charge in [0.25, 0.3) is 5.91 Å². The number of ether oxygens (including phenoxy) is 1. The van der Waals surface area contributed by atoms with Crippen LogP contribution in [0.2, 0.25) is 0 Å². The molecule has 1 unspecified atom stereocenters. The topological polar surface area (TPSA) is 140 Å². The van der Waals surface area contributed by atoms with Gasteiger partial charge in [0.1, 0.15) is 29.3 Å². The number of hydrogen-bond acceptors (Lipinski definition) is 8. The monoisotopic (exact) mass is 474 g/mol. The molecule has 1 amide bonds. The Kier molecular flexibility index (Phi) is 6.30. The number of aliphatic hydroxyl groups excluding tert-OH is 2. The number of aliphatic hydroxyl groups is 2. The summed E-state index contributed by atoms with van der Waals surface area (Å²) in [4.78, 5) is 22.6. The first-order chi connectivity index (χ1) is 17.0. The van der Waals surface area contributed by atoms with Crippen LogP contribution in [0.1, 0.15) is 18.9 Å². The lowest BCUT2D eigenvalue weighted by Gasteiger charge is -2.33. The molecule has 0 bridgehead atoms. The van der Waals surface area contributed by atoms with Crippen molar-refractivity contribution in [3.05, 3.63) is 60.9 Å². The summed E-state index contributed by atoms with van der Waals surface area (Å²) in [6.45, 7) is 0.251. The van der Waals surface area contributed by atoms with Crippen LogP contribution in [0.5, 0.6) is 11.5 Å².